The van der Waals surface area contributed by atoms with Crippen LogP contribution in [0.2, 0.25) is 0 Å². The lowest BCUT2D eigenvalue weighted by Gasteiger charge is -2.08. The molecule has 2 N–H and O–H groups in total. The standard InChI is InChI=1S/C18H13FN2O4/c19-12-6-2-4-8-14(12)21-17(23)10-25-18(24)15-9-16(22)11-5-1-3-7-13(11)20-15/h1-9H,10H2,(H,20,22)(H,21,23). The molecular weight excluding hydrogens is 327 g/mol. The lowest BCUT2D eigenvalue weighted by molar-refractivity contribution is -0.119. The third-order valence-corrected chi connectivity index (χ3v) is 3.44. The summed E-state index contributed by atoms with van der Waals surface area (Å²) in [7, 11) is 0. The number of aromatic nitrogens is 1. The van der Waals surface area contributed by atoms with E-state index in [2.05, 4.69) is 10.3 Å². The number of amides is 1. The number of hydrogen-bond donors (Lipinski definition) is 2. The summed E-state index contributed by atoms with van der Waals surface area (Å²) in [6.45, 7) is -0.609. The molecule has 1 aromatic heterocycles. The van der Waals surface area contributed by atoms with E-state index in [9.17, 15) is 18.8 Å². The minimum atomic E-state index is -0.855. The second kappa shape index (κ2) is 6.96. The Labute approximate surface area is 141 Å². The zero-order chi connectivity index (χ0) is 17.8. The Kier molecular flexibility index (Phi) is 4.56. The van der Waals surface area contributed by atoms with Crippen LogP contribution >= 0.6 is 0 Å². The molecule has 0 unspecified atom stereocenters. The van der Waals surface area contributed by atoms with Gasteiger partial charge in [0.05, 0.1) is 5.69 Å². The summed E-state index contributed by atoms with van der Waals surface area (Å²) < 4.78 is 18.3. The van der Waals surface area contributed by atoms with Gasteiger partial charge in [0.15, 0.2) is 12.0 Å². The van der Waals surface area contributed by atoms with Crippen LogP contribution in [0.5, 0.6) is 0 Å². The molecule has 0 aliphatic rings. The van der Waals surface area contributed by atoms with Crippen LogP contribution in [-0.2, 0) is 9.53 Å². The molecule has 0 radical (unpaired) electrons. The van der Waals surface area contributed by atoms with Gasteiger partial charge in [0.1, 0.15) is 11.5 Å². The van der Waals surface area contributed by atoms with Crippen molar-refractivity contribution in [1.82, 2.24) is 4.98 Å². The Balaban J connectivity index is 1.67. The summed E-state index contributed by atoms with van der Waals surface area (Å²) in [5, 5.41) is 2.74. The van der Waals surface area contributed by atoms with Gasteiger partial charge in [-0.15, -0.1) is 0 Å². The fourth-order valence-corrected chi connectivity index (χ4v) is 2.26. The van der Waals surface area contributed by atoms with E-state index in [1.54, 1.807) is 30.3 Å². The number of hydrogen-bond acceptors (Lipinski definition) is 4. The normalized spacial score (nSPS) is 10.4. The highest BCUT2D eigenvalue weighted by atomic mass is 19.1. The van der Waals surface area contributed by atoms with Gasteiger partial charge in [-0.05, 0) is 24.3 Å². The molecule has 1 heterocycles. The quantitative estimate of drug-likeness (QED) is 0.714. The van der Waals surface area contributed by atoms with E-state index >= 15 is 0 Å². The summed E-state index contributed by atoms with van der Waals surface area (Å²) in [4.78, 5) is 38.5. The van der Waals surface area contributed by atoms with E-state index in [1.165, 1.54) is 18.2 Å². The van der Waals surface area contributed by atoms with Crippen LogP contribution in [0.25, 0.3) is 10.9 Å². The SMILES string of the molecule is O=C(COC(=O)c1cc(=O)c2ccccc2[nH]1)Nc1ccccc1F. The smallest absolute Gasteiger partial charge is 0.355 e. The lowest BCUT2D eigenvalue weighted by Crippen LogP contribution is -2.22. The number of halogens is 1. The van der Waals surface area contributed by atoms with E-state index in [4.69, 9.17) is 4.74 Å². The number of para-hydroxylation sites is 2. The van der Waals surface area contributed by atoms with Gasteiger partial charge in [-0.25, -0.2) is 9.18 Å². The molecule has 7 heteroatoms. The third kappa shape index (κ3) is 3.72. The molecule has 25 heavy (non-hydrogen) atoms. The zero-order valence-corrected chi connectivity index (χ0v) is 12.9. The van der Waals surface area contributed by atoms with Crippen molar-refractivity contribution in [2.24, 2.45) is 0 Å². The van der Waals surface area contributed by atoms with Gasteiger partial charge in [0.25, 0.3) is 5.91 Å². The fraction of sp³-hybridized carbons (Fsp3) is 0.0556. The molecule has 126 valence electrons. The molecule has 2 aromatic carbocycles. The highest BCUT2D eigenvalue weighted by Crippen LogP contribution is 2.12. The van der Waals surface area contributed by atoms with Crippen LogP contribution in [0.4, 0.5) is 10.1 Å². The molecule has 0 saturated heterocycles. The minimum absolute atomic E-state index is 0.0114. The topological polar surface area (TPSA) is 88.3 Å². The summed E-state index contributed by atoms with van der Waals surface area (Å²) in [6.07, 6.45) is 0. The third-order valence-electron chi connectivity index (χ3n) is 3.44. The minimum Gasteiger partial charge on any atom is -0.451 e. The number of carbonyl (C=O) groups is 2. The van der Waals surface area contributed by atoms with Gasteiger partial charge in [-0.3, -0.25) is 9.59 Å². The zero-order valence-electron chi connectivity index (χ0n) is 12.9. The predicted molar refractivity (Wildman–Crippen MR) is 89.9 cm³/mol. The largest absolute Gasteiger partial charge is 0.451 e. The molecule has 0 aliphatic carbocycles. The van der Waals surface area contributed by atoms with Crippen molar-refractivity contribution >= 4 is 28.5 Å². The van der Waals surface area contributed by atoms with Crippen LogP contribution in [-0.4, -0.2) is 23.5 Å². The van der Waals surface area contributed by atoms with Crippen molar-refractivity contribution in [2.45, 2.75) is 0 Å². The van der Waals surface area contributed by atoms with Gasteiger partial charge < -0.3 is 15.0 Å². The second-order valence-electron chi connectivity index (χ2n) is 5.20. The van der Waals surface area contributed by atoms with E-state index in [1.807, 2.05) is 0 Å². The molecule has 0 bridgehead atoms. The number of rotatable bonds is 4. The monoisotopic (exact) mass is 340 g/mol. The van der Waals surface area contributed by atoms with Crippen molar-refractivity contribution in [2.75, 3.05) is 11.9 Å². The molecular formula is C18H13FN2O4. The van der Waals surface area contributed by atoms with Crippen molar-refractivity contribution in [1.29, 1.82) is 0 Å². The number of anilines is 1. The van der Waals surface area contributed by atoms with E-state index in [-0.39, 0.29) is 16.8 Å². The molecule has 0 fully saturated rings. The second-order valence-corrected chi connectivity index (χ2v) is 5.20. The first-order valence-electron chi connectivity index (χ1n) is 7.38. The van der Waals surface area contributed by atoms with Gasteiger partial charge >= 0.3 is 5.97 Å². The predicted octanol–water partition coefficient (Wildman–Crippen LogP) is 2.46. The van der Waals surface area contributed by atoms with Crippen LogP contribution in [0.1, 0.15) is 10.5 Å². The number of pyridine rings is 1. The van der Waals surface area contributed by atoms with Gasteiger partial charge in [-0.2, -0.15) is 0 Å². The van der Waals surface area contributed by atoms with Crippen molar-refractivity contribution in [3.8, 4) is 0 Å². The molecule has 3 aromatic rings. The van der Waals surface area contributed by atoms with Crippen LogP contribution in [0, 0.1) is 5.82 Å². The number of nitrogens with one attached hydrogen (secondary N) is 2. The number of benzene rings is 2. The number of carbonyl (C=O) groups excluding carboxylic acids is 2. The average molecular weight is 340 g/mol. The van der Waals surface area contributed by atoms with Crippen molar-refractivity contribution in [3.05, 3.63) is 76.3 Å². The summed E-state index contributed by atoms with van der Waals surface area (Å²) in [6, 6.07) is 13.4. The van der Waals surface area contributed by atoms with Gasteiger partial charge in [-0.1, -0.05) is 24.3 Å². The average Bonchev–Trinajstić information content (AvgIpc) is 2.61. The number of fused-ring (bicyclic) bond motifs is 1. The molecule has 6 nitrogen and oxygen atoms in total. The van der Waals surface area contributed by atoms with Crippen molar-refractivity contribution < 1.29 is 18.7 Å². The van der Waals surface area contributed by atoms with Gasteiger partial charge in [0.2, 0.25) is 0 Å². The summed E-state index contributed by atoms with van der Waals surface area (Å²) in [5.41, 5.74) is 0.0694. The van der Waals surface area contributed by atoms with Crippen LogP contribution in [0.15, 0.2) is 59.4 Å². The molecule has 3 rings (SSSR count). The van der Waals surface area contributed by atoms with E-state index in [0.29, 0.717) is 10.9 Å². The van der Waals surface area contributed by atoms with E-state index < -0.39 is 24.3 Å². The van der Waals surface area contributed by atoms with Gasteiger partial charge in [0, 0.05) is 17.0 Å². The van der Waals surface area contributed by atoms with E-state index in [0.717, 1.165) is 6.07 Å². The van der Waals surface area contributed by atoms with Crippen LogP contribution in [0.3, 0.4) is 0 Å². The Morgan fingerprint density at radius 3 is 2.60 bits per heavy atom. The molecule has 0 saturated carbocycles. The summed E-state index contributed by atoms with van der Waals surface area (Å²) >= 11 is 0. The maximum atomic E-state index is 13.4. The molecule has 0 atom stereocenters. The Morgan fingerprint density at radius 1 is 1.08 bits per heavy atom. The number of aromatic amines is 1. The summed E-state index contributed by atoms with van der Waals surface area (Å²) in [5.74, 6) is -2.14. The fourth-order valence-electron chi connectivity index (χ4n) is 2.26. The highest BCUT2D eigenvalue weighted by molar-refractivity contribution is 5.95. The Hall–Kier alpha value is -3.48. The first kappa shape index (κ1) is 16.4. The maximum absolute atomic E-state index is 13.4. The Bertz CT molecular complexity index is 1010. The number of ether oxygens (including phenoxy) is 1. The number of H-pyrrole nitrogens is 1. The lowest BCUT2D eigenvalue weighted by atomic mass is 10.2. The molecule has 0 aliphatic heterocycles. The molecule has 1 amide bonds. The first-order valence-corrected chi connectivity index (χ1v) is 7.38. The Morgan fingerprint density at radius 2 is 1.80 bits per heavy atom. The number of esters is 1. The van der Waals surface area contributed by atoms with Crippen LogP contribution < -0.4 is 10.7 Å². The first-order chi connectivity index (χ1) is 12.0. The van der Waals surface area contributed by atoms with Crippen molar-refractivity contribution in [3.63, 3.8) is 0 Å². The molecule has 0 spiro atoms. The highest BCUT2D eigenvalue weighted by Gasteiger charge is 2.14. The maximum Gasteiger partial charge on any atom is 0.355 e.